The van der Waals surface area contributed by atoms with E-state index >= 15 is 0 Å². The second-order valence-corrected chi connectivity index (χ2v) is 12.2. The monoisotopic (exact) mass is 685 g/mol. The van der Waals surface area contributed by atoms with Crippen molar-refractivity contribution in [2.45, 2.75) is 39.3 Å². The smallest absolute Gasteiger partial charge is 0.338 e. The van der Waals surface area contributed by atoms with Crippen LogP contribution >= 0.6 is 27.3 Å². The molecule has 2 aliphatic rings. The third-order valence-corrected chi connectivity index (χ3v) is 8.94. The largest absolute Gasteiger partial charge is 0.488 e. The quantitative estimate of drug-likeness (QED) is 0.213. The van der Waals surface area contributed by atoms with Gasteiger partial charge in [-0.1, -0.05) is 48.9 Å². The predicted molar refractivity (Wildman–Crippen MR) is 172 cm³/mol. The lowest BCUT2D eigenvalue weighted by molar-refractivity contribution is -0.139. The summed E-state index contributed by atoms with van der Waals surface area (Å²) in [4.78, 5) is 32.8. The van der Waals surface area contributed by atoms with Gasteiger partial charge in [-0.15, -0.1) is 0 Å². The Bertz CT molecular complexity index is 2040. The molecule has 0 aliphatic carbocycles. The maximum absolute atomic E-state index is 14.1. The number of carbonyl (C=O) groups excluding carboxylic acids is 1. The van der Waals surface area contributed by atoms with Crippen LogP contribution in [0.4, 0.5) is 0 Å². The number of fused-ring (bicyclic) bond motifs is 2. The topological polar surface area (TPSA) is 112 Å². The molecule has 0 bridgehead atoms. The van der Waals surface area contributed by atoms with Crippen LogP contribution in [-0.4, -0.2) is 23.9 Å². The van der Waals surface area contributed by atoms with Crippen molar-refractivity contribution in [1.29, 1.82) is 5.26 Å². The van der Waals surface area contributed by atoms with E-state index in [9.17, 15) is 9.59 Å². The number of nitriles is 1. The van der Waals surface area contributed by atoms with Gasteiger partial charge in [0.25, 0.3) is 5.56 Å². The van der Waals surface area contributed by atoms with Gasteiger partial charge in [-0.3, -0.25) is 9.36 Å². The number of hydrogen-bond donors (Lipinski definition) is 0. The van der Waals surface area contributed by atoms with E-state index in [1.165, 1.54) is 11.3 Å². The average molecular weight is 687 g/mol. The molecule has 228 valence electrons. The van der Waals surface area contributed by atoms with Crippen molar-refractivity contribution in [3.05, 3.63) is 118 Å². The zero-order valence-corrected chi connectivity index (χ0v) is 26.9. The van der Waals surface area contributed by atoms with Gasteiger partial charge in [0.1, 0.15) is 12.4 Å². The number of aromatic nitrogens is 1. The highest BCUT2D eigenvalue weighted by atomic mass is 79.9. The maximum Gasteiger partial charge on any atom is 0.338 e. The van der Waals surface area contributed by atoms with E-state index in [1.807, 2.05) is 55.5 Å². The zero-order chi connectivity index (χ0) is 31.5. The van der Waals surface area contributed by atoms with E-state index < -0.39 is 12.0 Å². The first-order valence-electron chi connectivity index (χ1n) is 14.4. The summed E-state index contributed by atoms with van der Waals surface area (Å²) in [6.45, 7) is 4.42. The fourth-order valence-corrected chi connectivity index (χ4v) is 6.76. The third kappa shape index (κ3) is 6.16. The fraction of sp³-hybridized carbons (Fsp3) is 0.235. The van der Waals surface area contributed by atoms with Gasteiger partial charge < -0.3 is 18.9 Å². The molecular weight excluding hydrogens is 658 g/mol. The highest BCUT2D eigenvalue weighted by molar-refractivity contribution is 9.10. The molecule has 0 N–H and O–H groups in total. The highest BCUT2D eigenvalue weighted by Crippen LogP contribution is 2.39. The molecule has 0 amide bonds. The fourth-order valence-electron chi connectivity index (χ4n) is 5.23. The summed E-state index contributed by atoms with van der Waals surface area (Å²) in [5, 5.41) is 9.01. The number of halogens is 1. The van der Waals surface area contributed by atoms with Crippen molar-refractivity contribution in [2.75, 3.05) is 13.4 Å². The molecule has 45 heavy (non-hydrogen) atoms. The van der Waals surface area contributed by atoms with E-state index in [0.717, 1.165) is 22.0 Å². The van der Waals surface area contributed by atoms with Crippen LogP contribution in [0, 0.1) is 11.3 Å². The number of carbonyl (C=O) groups is 1. The molecule has 3 aromatic carbocycles. The minimum absolute atomic E-state index is 0.109. The van der Waals surface area contributed by atoms with Crippen LogP contribution in [-0.2, 0) is 16.1 Å². The Hall–Kier alpha value is -4.66. The molecule has 9 nitrogen and oxygen atoms in total. The molecule has 1 atom stereocenters. The van der Waals surface area contributed by atoms with Crippen LogP contribution in [0.25, 0.3) is 6.08 Å². The van der Waals surface area contributed by atoms with Crippen LogP contribution < -0.4 is 29.1 Å². The van der Waals surface area contributed by atoms with E-state index in [4.69, 9.17) is 29.2 Å². The minimum atomic E-state index is -0.747. The van der Waals surface area contributed by atoms with E-state index in [0.29, 0.717) is 62.0 Å². The Morgan fingerprint density at radius 3 is 2.67 bits per heavy atom. The van der Waals surface area contributed by atoms with Crippen molar-refractivity contribution < 1.29 is 23.7 Å². The van der Waals surface area contributed by atoms with E-state index in [1.54, 1.807) is 29.7 Å². The summed E-state index contributed by atoms with van der Waals surface area (Å²) in [7, 11) is 0. The molecule has 0 fully saturated rings. The summed E-state index contributed by atoms with van der Waals surface area (Å²) in [6.07, 6.45) is 3.12. The highest BCUT2D eigenvalue weighted by Gasteiger charge is 2.35. The Morgan fingerprint density at radius 1 is 1.13 bits per heavy atom. The zero-order valence-electron chi connectivity index (χ0n) is 24.5. The molecular formula is C34H28BrN3O6S. The summed E-state index contributed by atoms with van der Waals surface area (Å²) < 4.78 is 25.4. The molecule has 0 saturated heterocycles. The third-order valence-electron chi connectivity index (χ3n) is 7.34. The summed E-state index contributed by atoms with van der Waals surface area (Å²) >= 11 is 4.87. The van der Waals surface area contributed by atoms with E-state index in [-0.39, 0.29) is 19.0 Å². The minimum Gasteiger partial charge on any atom is -0.488 e. The molecule has 3 heterocycles. The lowest BCUT2D eigenvalue weighted by Crippen LogP contribution is -2.40. The molecule has 1 aromatic heterocycles. The Balaban J connectivity index is 1.38. The van der Waals surface area contributed by atoms with Gasteiger partial charge in [-0.05, 0) is 88.4 Å². The number of ether oxygens (including phenoxy) is 4. The molecule has 2 aliphatic heterocycles. The number of rotatable bonds is 9. The van der Waals surface area contributed by atoms with Gasteiger partial charge in [0.15, 0.2) is 16.3 Å². The SMILES string of the molecule is CCCC1=C(C(=O)OCC)[C@H](c2ccc3c(c2)OCO3)n2c(s/c(=C\c3ccc(OCc4ccc(C#N)cc4)c(Br)c3)c2=O)=N1. The lowest BCUT2D eigenvalue weighted by Gasteiger charge is -2.25. The Morgan fingerprint density at radius 2 is 1.93 bits per heavy atom. The van der Waals surface area contributed by atoms with Crippen molar-refractivity contribution >= 4 is 39.3 Å². The maximum atomic E-state index is 14.1. The second-order valence-electron chi connectivity index (χ2n) is 10.3. The normalized spacial score (nSPS) is 15.3. The van der Waals surface area contributed by atoms with Crippen LogP contribution in [0.2, 0.25) is 0 Å². The average Bonchev–Trinajstić information content (AvgIpc) is 3.64. The molecule has 4 aromatic rings. The predicted octanol–water partition coefficient (Wildman–Crippen LogP) is 5.52. The van der Waals surface area contributed by atoms with Gasteiger partial charge in [-0.2, -0.15) is 5.26 Å². The molecule has 0 spiro atoms. The molecule has 0 unspecified atom stereocenters. The molecule has 11 heteroatoms. The van der Waals surface area contributed by atoms with Gasteiger partial charge in [0, 0.05) is 0 Å². The second kappa shape index (κ2) is 13.1. The van der Waals surface area contributed by atoms with E-state index in [2.05, 4.69) is 22.0 Å². The number of hydrogen-bond acceptors (Lipinski definition) is 9. The van der Waals surface area contributed by atoms with Gasteiger partial charge in [0.05, 0.1) is 44.6 Å². The first kappa shape index (κ1) is 30.4. The van der Waals surface area contributed by atoms with Crippen molar-refractivity contribution in [3.63, 3.8) is 0 Å². The number of nitrogens with zero attached hydrogens (tertiary/aromatic N) is 3. The first-order valence-corrected chi connectivity index (χ1v) is 16.0. The van der Waals surface area contributed by atoms with Crippen molar-refractivity contribution in [1.82, 2.24) is 4.57 Å². The van der Waals surface area contributed by atoms with Crippen LogP contribution in [0.3, 0.4) is 0 Å². The van der Waals surface area contributed by atoms with Crippen LogP contribution in [0.15, 0.2) is 86.2 Å². The Labute approximate surface area is 271 Å². The summed E-state index contributed by atoms with van der Waals surface area (Å²) in [5.41, 5.74) is 3.71. The number of esters is 1. The van der Waals surface area contributed by atoms with Gasteiger partial charge in [0.2, 0.25) is 6.79 Å². The molecule has 0 saturated carbocycles. The Kier molecular flexibility index (Phi) is 8.87. The van der Waals surface area contributed by atoms with Crippen molar-refractivity contribution in [3.8, 4) is 23.3 Å². The van der Waals surface area contributed by atoms with Crippen LogP contribution in [0.1, 0.15) is 55.0 Å². The number of thiazole rings is 1. The van der Waals surface area contributed by atoms with Crippen molar-refractivity contribution in [2.24, 2.45) is 4.99 Å². The first-order chi connectivity index (χ1) is 21.9. The lowest BCUT2D eigenvalue weighted by atomic mass is 9.94. The summed E-state index contributed by atoms with van der Waals surface area (Å²) in [6, 6.07) is 19.6. The van der Waals surface area contributed by atoms with Gasteiger partial charge >= 0.3 is 5.97 Å². The van der Waals surface area contributed by atoms with Gasteiger partial charge in [-0.25, -0.2) is 9.79 Å². The summed E-state index contributed by atoms with van der Waals surface area (Å²) in [5.74, 6) is 1.31. The number of allylic oxidation sites excluding steroid dienone is 1. The molecule has 0 radical (unpaired) electrons. The molecule has 6 rings (SSSR count). The van der Waals surface area contributed by atoms with Crippen LogP contribution in [0.5, 0.6) is 17.2 Å². The standard InChI is InChI=1S/C34H28BrN3O6S/c1-3-5-25-30(33(40)41-4-2)31(23-11-13-27-28(16-23)44-19-43-27)38-32(39)29(45-34(38)37-25)15-22-10-12-26(24(35)14-22)42-18-21-8-6-20(17-36)7-9-21/h6-16,31H,3-5,18-19H2,1-2H3/b29-15-/t31-/m0/s1. The number of benzene rings is 3.